The van der Waals surface area contributed by atoms with Crippen LogP contribution in [0.5, 0.6) is 0 Å². The quantitative estimate of drug-likeness (QED) is 0.812. The molecule has 18 heavy (non-hydrogen) atoms. The van der Waals surface area contributed by atoms with Crippen molar-refractivity contribution < 1.29 is 0 Å². The number of nitrogens with one attached hydrogen (secondary N) is 1. The molecule has 3 N–H and O–H groups in total. The maximum absolute atomic E-state index is 6.02. The third-order valence-corrected chi connectivity index (χ3v) is 4.11. The van der Waals surface area contributed by atoms with E-state index in [1.807, 2.05) is 12.3 Å². The van der Waals surface area contributed by atoms with E-state index in [-0.39, 0.29) is 0 Å². The van der Waals surface area contributed by atoms with Crippen molar-refractivity contribution in [3.63, 3.8) is 0 Å². The fourth-order valence-electron chi connectivity index (χ4n) is 2.73. The smallest absolute Gasteiger partial charge is 0.0378 e. The second-order valence-electron chi connectivity index (χ2n) is 6.14. The number of aromatic nitrogens is 1. The van der Waals surface area contributed by atoms with Crippen LogP contribution in [0.1, 0.15) is 39.2 Å². The predicted octanol–water partition coefficient (Wildman–Crippen LogP) is 2.62. The maximum Gasteiger partial charge on any atom is 0.0378 e. The van der Waals surface area contributed by atoms with Crippen molar-refractivity contribution in [1.29, 1.82) is 0 Å². The van der Waals surface area contributed by atoms with Gasteiger partial charge in [0.05, 0.1) is 0 Å². The largest absolute Gasteiger partial charge is 0.398 e. The summed E-state index contributed by atoms with van der Waals surface area (Å²) in [5, 5.41) is 3.68. The van der Waals surface area contributed by atoms with Gasteiger partial charge in [-0.2, -0.15) is 0 Å². The third kappa shape index (κ3) is 3.02. The number of hydrogen-bond donors (Lipinski definition) is 2. The van der Waals surface area contributed by atoms with Crippen molar-refractivity contribution >= 4 is 5.69 Å². The van der Waals surface area contributed by atoms with E-state index < -0.39 is 0 Å². The Bertz CT molecular complexity index is 400. The molecule has 1 saturated carbocycles. The molecule has 0 saturated heterocycles. The fraction of sp³-hybridized carbons (Fsp3) is 0.667. The van der Waals surface area contributed by atoms with Crippen molar-refractivity contribution in [2.24, 2.45) is 11.3 Å². The highest BCUT2D eigenvalue weighted by Gasteiger charge is 2.49. The van der Waals surface area contributed by atoms with Crippen LogP contribution in [0.15, 0.2) is 18.5 Å². The van der Waals surface area contributed by atoms with Gasteiger partial charge in [-0.25, -0.2) is 0 Å². The number of pyridine rings is 1. The van der Waals surface area contributed by atoms with Gasteiger partial charge in [-0.05, 0) is 48.8 Å². The molecule has 1 aliphatic rings. The first-order chi connectivity index (χ1) is 8.54. The Labute approximate surface area is 110 Å². The van der Waals surface area contributed by atoms with Crippen molar-refractivity contribution in [1.82, 2.24) is 10.3 Å². The van der Waals surface area contributed by atoms with Crippen LogP contribution < -0.4 is 11.1 Å². The van der Waals surface area contributed by atoms with Gasteiger partial charge in [0.15, 0.2) is 0 Å². The number of hydrogen-bond acceptors (Lipinski definition) is 3. The summed E-state index contributed by atoms with van der Waals surface area (Å²) in [6, 6.07) is 2.43. The zero-order valence-electron chi connectivity index (χ0n) is 11.7. The predicted molar refractivity (Wildman–Crippen MR) is 76.3 cm³/mol. The van der Waals surface area contributed by atoms with E-state index >= 15 is 0 Å². The van der Waals surface area contributed by atoms with E-state index in [4.69, 9.17) is 5.73 Å². The summed E-state index contributed by atoms with van der Waals surface area (Å²) in [6.07, 6.45) is 7.15. The van der Waals surface area contributed by atoms with E-state index in [2.05, 4.69) is 31.1 Å². The molecule has 0 amide bonds. The van der Waals surface area contributed by atoms with Gasteiger partial charge in [-0.1, -0.05) is 20.8 Å². The summed E-state index contributed by atoms with van der Waals surface area (Å²) in [7, 11) is 0. The number of rotatable bonds is 6. The highest BCUT2D eigenvalue weighted by atomic mass is 14.9. The first-order valence-electron chi connectivity index (χ1n) is 6.96. The first kappa shape index (κ1) is 13.3. The normalized spacial score (nSPS) is 22.7. The van der Waals surface area contributed by atoms with Crippen LogP contribution in [0, 0.1) is 11.3 Å². The molecule has 0 radical (unpaired) electrons. The summed E-state index contributed by atoms with van der Waals surface area (Å²) < 4.78 is 0. The molecular formula is C15H25N3. The van der Waals surface area contributed by atoms with Crippen LogP contribution in [-0.2, 0) is 6.42 Å². The average molecular weight is 247 g/mol. The zero-order chi connectivity index (χ0) is 13.2. The Morgan fingerprint density at radius 3 is 2.83 bits per heavy atom. The summed E-state index contributed by atoms with van der Waals surface area (Å²) in [5.41, 5.74) is 8.55. The number of nitrogens with two attached hydrogens (primary N) is 1. The lowest BCUT2D eigenvalue weighted by Gasteiger charge is -2.21. The molecule has 2 rings (SSSR count). The molecule has 3 nitrogen and oxygen atoms in total. The molecule has 2 atom stereocenters. The lowest BCUT2D eigenvalue weighted by Crippen LogP contribution is -2.35. The number of nitrogen functional groups attached to an aromatic ring is 1. The topological polar surface area (TPSA) is 50.9 Å². The second kappa shape index (κ2) is 5.27. The molecule has 0 spiro atoms. The SMILES string of the molecule is CCCNC(Cc1cnccc1N)C1CC1(C)C. The molecule has 1 aliphatic carbocycles. The minimum atomic E-state index is 0.488. The highest BCUT2D eigenvalue weighted by Crippen LogP contribution is 2.54. The fourth-order valence-corrected chi connectivity index (χ4v) is 2.73. The van der Waals surface area contributed by atoms with Crippen LogP contribution >= 0.6 is 0 Å². The molecular weight excluding hydrogens is 222 g/mol. The Hall–Kier alpha value is -1.09. The van der Waals surface area contributed by atoms with Crippen LogP contribution in [0.4, 0.5) is 5.69 Å². The highest BCUT2D eigenvalue weighted by molar-refractivity contribution is 5.44. The molecule has 1 aromatic heterocycles. The zero-order valence-corrected chi connectivity index (χ0v) is 11.7. The molecule has 0 aromatic carbocycles. The third-order valence-electron chi connectivity index (χ3n) is 4.11. The van der Waals surface area contributed by atoms with Crippen LogP contribution in [0.3, 0.4) is 0 Å². The molecule has 0 bridgehead atoms. The summed E-state index contributed by atoms with van der Waals surface area (Å²) in [4.78, 5) is 4.19. The van der Waals surface area contributed by atoms with E-state index in [9.17, 15) is 0 Å². The van der Waals surface area contributed by atoms with Gasteiger partial charge in [-0.3, -0.25) is 4.98 Å². The van der Waals surface area contributed by atoms with Crippen molar-refractivity contribution in [3.8, 4) is 0 Å². The summed E-state index contributed by atoms with van der Waals surface area (Å²) >= 11 is 0. The Balaban J connectivity index is 2.04. The van der Waals surface area contributed by atoms with Crippen molar-refractivity contribution in [3.05, 3.63) is 24.0 Å². The molecule has 100 valence electrons. The Kier molecular flexibility index (Phi) is 3.91. The molecule has 3 heteroatoms. The van der Waals surface area contributed by atoms with Crippen LogP contribution in [-0.4, -0.2) is 17.6 Å². The lowest BCUT2D eigenvalue weighted by molar-refractivity contribution is 0.402. The molecule has 1 fully saturated rings. The monoisotopic (exact) mass is 247 g/mol. The van der Waals surface area contributed by atoms with Crippen LogP contribution in [0.25, 0.3) is 0 Å². The van der Waals surface area contributed by atoms with E-state index in [1.165, 1.54) is 18.4 Å². The molecule has 1 aromatic rings. The van der Waals surface area contributed by atoms with E-state index in [1.54, 1.807) is 6.20 Å². The average Bonchev–Trinajstić information content (AvgIpc) is 2.96. The van der Waals surface area contributed by atoms with Gasteiger partial charge in [0.2, 0.25) is 0 Å². The van der Waals surface area contributed by atoms with E-state index in [0.717, 1.165) is 24.6 Å². The maximum atomic E-state index is 6.02. The van der Waals surface area contributed by atoms with Gasteiger partial charge in [0, 0.05) is 24.1 Å². The summed E-state index contributed by atoms with van der Waals surface area (Å²) in [5.74, 6) is 0.767. The van der Waals surface area contributed by atoms with Gasteiger partial charge < -0.3 is 11.1 Å². The van der Waals surface area contributed by atoms with Gasteiger partial charge in [-0.15, -0.1) is 0 Å². The van der Waals surface area contributed by atoms with Gasteiger partial charge in [0.1, 0.15) is 0 Å². The number of anilines is 1. The summed E-state index contributed by atoms with van der Waals surface area (Å²) in [6.45, 7) is 7.99. The second-order valence-corrected chi connectivity index (χ2v) is 6.14. The first-order valence-corrected chi connectivity index (χ1v) is 6.96. The van der Waals surface area contributed by atoms with Crippen molar-refractivity contribution in [2.75, 3.05) is 12.3 Å². The van der Waals surface area contributed by atoms with E-state index in [0.29, 0.717) is 11.5 Å². The standard InChI is InChI=1S/C15H25N3/c1-4-6-18-14(12-9-15(12,2)3)8-11-10-17-7-5-13(11)16/h5,7,10,12,14,18H,4,6,8-9H2,1-3H3,(H2,16,17). The minimum absolute atomic E-state index is 0.488. The van der Waals surface area contributed by atoms with Gasteiger partial charge in [0.25, 0.3) is 0 Å². The minimum Gasteiger partial charge on any atom is -0.398 e. The van der Waals surface area contributed by atoms with Crippen LogP contribution in [0.2, 0.25) is 0 Å². The molecule has 1 heterocycles. The lowest BCUT2D eigenvalue weighted by atomic mass is 9.97. The Morgan fingerprint density at radius 2 is 2.28 bits per heavy atom. The molecule has 2 unspecified atom stereocenters. The molecule has 0 aliphatic heterocycles. The van der Waals surface area contributed by atoms with Gasteiger partial charge >= 0.3 is 0 Å². The van der Waals surface area contributed by atoms with Crippen molar-refractivity contribution in [2.45, 2.75) is 46.1 Å². The Morgan fingerprint density at radius 1 is 1.56 bits per heavy atom. The number of nitrogens with zero attached hydrogens (tertiary/aromatic N) is 1.